The van der Waals surface area contributed by atoms with Crippen molar-refractivity contribution in [1.29, 1.82) is 0 Å². The average molecular weight is 383 g/mol. The van der Waals surface area contributed by atoms with Crippen LogP contribution in [-0.4, -0.2) is 47.0 Å². The predicted octanol–water partition coefficient (Wildman–Crippen LogP) is 3.41. The van der Waals surface area contributed by atoms with Crippen LogP contribution in [0.2, 0.25) is 0 Å². The zero-order valence-electron chi connectivity index (χ0n) is 15.8. The van der Waals surface area contributed by atoms with Crippen LogP contribution >= 0.6 is 11.3 Å². The lowest BCUT2D eigenvalue weighted by atomic mass is 10.0. The minimum Gasteiger partial charge on any atom is -0.351 e. The van der Waals surface area contributed by atoms with Gasteiger partial charge in [0.2, 0.25) is 5.91 Å². The molecule has 27 heavy (non-hydrogen) atoms. The Morgan fingerprint density at radius 3 is 2.89 bits per heavy atom. The molecular formula is C21H26N4OS. The highest BCUT2D eigenvalue weighted by Gasteiger charge is 2.67. The first-order valence-corrected chi connectivity index (χ1v) is 11.3. The quantitative estimate of drug-likeness (QED) is 0.813. The minimum atomic E-state index is 0.346. The van der Waals surface area contributed by atoms with Gasteiger partial charge in [0.25, 0.3) is 0 Å². The van der Waals surface area contributed by atoms with E-state index in [2.05, 4.69) is 26.3 Å². The number of hydrogen-bond donors (Lipinski definition) is 0. The van der Waals surface area contributed by atoms with E-state index < -0.39 is 0 Å². The second-order valence-electron chi connectivity index (χ2n) is 9.05. The largest absolute Gasteiger partial charge is 0.351 e. The molecule has 5 nitrogen and oxygen atoms in total. The first kappa shape index (κ1) is 16.3. The molecule has 0 radical (unpaired) electrons. The van der Waals surface area contributed by atoms with E-state index >= 15 is 0 Å². The molecule has 1 saturated heterocycles. The molecule has 142 valence electrons. The number of aromatic nitrogens is 2. The lowest BCUT2D eigenvalue weighted by Crippen LogP contribution is -2.42. The van der Waals surface area contributed by atoms with Gasteiger partial charge in [-0.05, 0) is 67.2 Å². The third-order valence-corrected chi connectivity index (χ3v) is 8.65. The van der Waals surface area contributed by atoms with E-state index in [4.69, 9.17) is 0 Å². The van der Waals surface area contributed by atoms with Crippen molar-refractivity contribution in [2.24, 2.45) is 29.6 Å². The molecule has 0 N–H and O–H groups in total. The molecule has 4 aliphatic rings. The summed E-state index contributed by atoms with van der Waals surface area (Å²) in [6.45, 7) is 1.84. The molecule has 0 aromatic carbocycles. The van der Waals surface area contributed by atoms with Crippen LogP contribution in [0.15, 0.2) is 17.8 Å². The van der Waals surface area contributed by atoms with Crippen LogP contribution in [0.1, 0.15) is 32.1 Å². The predicted molar refractivity (Wildman–Crippen MR) is 107 cm³/mol. The molecule has 6 rings (SSSR count). The van der Waals surface area contributed by atoms with Gasteiger partial charge in [-0.15, -0.1) is 11.3 Å². The van der Waals surface area contributed by atoms with Gasteiger partial charge in [-0.25, -0.2) is 9.97 Å². The van der Waals surface area contributed by atoms with E-state index in [1.54, 1.807) is 17.7 Å². The molecule has 6 heteroatoms. The number of nitrogens with zero attached hydrogens (tertiary/aromatic N) is 4. The number of rotatable bonds is 4. The van der Waals surface area contributed by atoms with E-state index in [1.165, 1.54) is 30.4 Å². The van der Waals surface area contributed by atoms with E-state index in [0.717, 1.165) is 54.5 Å². The van der Waals surface area contributed by atoms with Gasteiger partial charge in [-0.2, -0.15) is 0 Å². The molecule has 3 saturated carbocycles. The van der Waals surface area contributed by atoms with Crippen molar-refractivity contribution in [3.63, 3.8) is 0 Å². The molecule has 6 atom stereocenters. The summed E-state index contributed by atoms with van der Waals surface area (Å²) < 4.78 is 1.17. The third kappa shape index (κ3) is 2.38. The zero-order chi connectivity index (χ0) is 18.1. The molecule has 2 aromatic rings. The molecule has 1 amide bonds. The summed E-state index contributed by atoms with van der Waals surface area (Å²) >= 11 is 1.71. The molecule has 3 heterocycles. The molecule has 4 fully saturated rings. The van der Waals surface area contributed by atoms with Crippen LogP contribution in [0.4, 0.5) is 5.82 Å². The highest BCUT2D eigenvalue weighted by Crippen LogP contribution is 2.69. The summed E-state index contributed by atoms with van der Waals surface area (Å²) in [6.07, 6.45) is 8.14. The highest BCUT2D eigenvalue weighted by molar-refractivity contribution is 7.17. The van der Waals surface area contributed by atoms with Gasteiger partial charge in [0, 0.05) is 32.1 Å². The Morgan fingerprint density at radius 2 is 2.07 bits per heavy atom. The number of hydrogen-bond acceptors (Lipinski definition) is 5. The molecule has 2 aromatic heterocycles. The molecule has 3 aliphatic carbocycles. The first-order chi connectivity index (χ1) is 13.2. The van der Waals surface area contributed by atoms with Crippen LogP contribution in [0, 0.1) is 29.6 Å². The van der Waals surface area contributed by atoms with E-state index in [9.17, 15) is 4.79 Å². The second kappa shape index (κ2) is 5.90. The van der Waals surface area contributed by atoms with Gasteiger partial charge in [0.05, 0.1) is 10.2 Å². The maximum Gasteiger partial charge on any atom is 0.226 e. The Labute approximate surface area is 163 Å². The third-order valence-electron chi connectivity index (χ3n) is 7.75. The number of fused-ring (bicyclic) bond motifs is 6. The van der Waals surface area contributed by atoms with Crippen molar-refractivity contribution in [3.05, 3.63) is 17.8 Å². The smallest absolute Gasteiger partial charge is 0.226 e. The molecule has 2 unspecified atom stereocenters. The van der Waals surface area contributed by atoms with Gasteiger partial charge in [-0.1, -0.05) is 0 Å². The fraction of sp³-hybridized carbons (Fsp3) is 0.667. The Bertz CT molecular complexity index is 881. The van der Waals surface area contributed by atoms with Crippen LogP contribution in [0.25, 0.3) is 10.2 Å². The molecule has 0 spiro atoms. The van der Waals surface area contributed by atoms with Crippen molar-refractivity contribution >= 4 is 33.3 Å². The maximum absolute atomic E-state index is 13.1. The number of anilines is 1. The summed E-state index contributed by atoms with van der Waals surface area (Å²) in [6, 6.07) is 2.43. The maximum atomic E-state index is 13.1. The monoisotopic (exact) mass is 382 g/mol. The first-order valence-electron chi connectivity index (χ1n) is 10.4. The van der Waals surface area contributed by atoms with Crippen LogP contribution in [-0.2, 0) is 4.79 Å². The van der Waals surface area contributed by atoms with Crippen LogP contribution in [0.3, 0.4) is 0 Å². The van der Waals surface area contributed by atoms with Gasteiger partial charge in [0.1, 0.15) is 12.1 Å². The van der Waals surface area contributed by atoms with Crippen LogP contribution in [0.5, 0.6) is 0 Å². The SMILES string of the molecule is CN(CC1CCCN1c1ncnc2ccsc12)C(=O)C1[C@@H]2[C@H]3CC[C@H](C3)[C@H]12. The Kier molecular flexibility index (Phi) is 3.56. The summed E-state index contributed by atoms with van der Waals surface area (Å²) in [5.74, 6) is 4.99. The van der Waals surface area contributed by atoms with Gasteiger partial charge >= 0.3 is 0 Å². The van der Waals surface area contributed by atoms with E-state index in [1.807, 2.05) is 11.9 Å². The van der Waals surface area contributed by atoms with Crippen LogP contribution < -0.4 is 4.90 Å². The Hall–Kier alpha value is -1.69. The summed E-state index contributed by atoms with van der Waals surface area (Å²) in [4.78, 5) is 26.6. The van der Waals surface area contributed by atoms with Gasteiger partial charge < -0.3 is 9.80 Å². The normalized spacial score (nSPS) is 36.4. The lowest BCUT2D eigenvalue weighted by molar-refractivity contribution is -0.132. The van der Waals surface area contributed by atoms with Crippen molar-refractivity contribution in [3.8, 4) is 0 Å². The standard InChI is InChI=1S/C21H26N4OS/c1-24(21(26)18-16-12-4-5-13(9-12)17(16)18)10-14-3-2-7-25(14)20-19-15(6-8-27-19)22-11-23-20/h6,8,11-14,16-18H,2-5,7,9-10H2,1H3/t12-,13+,14?,16+,17-,18?. The molecule has 1 aliphatic heterocycles. The number of amides is 1. The summed E-state index contributed by atoms with van der Waals surface area (Å²) in [7, 11) is 2.02. The van der Waals surface area contributed by atoms with Gasteiger partial charge in [-0.3, -0.25) is 4.79 Å². The number of carbonyl (C=O) groups excluding carboxylic acids is 1. The molecular weight excluding hydrogens is 356 g/mol. The summed E-state index contributed by atoms with van der Waals surface area (Å²) in [5, 5.41) is 2.09. The zero-order valence-corrected chi connectivity index (χ0v) is 16.6. The Morgan fingerprint density at radius 1 is 1.26 bits per heavy atom. The van der Waals surface area contributed by atoms with Crippen molar-refractivity contribution in [1.82, 2.24) is 14.9 Å². The molecule has 2 bridgehead atoms. The second-order valence-corrected chi connectivity index (χ2v) is 9.97. The lowest BCUT2D eigenvalue weighted by Gasteiger charge is -2.30. The van der Waals surface area contributed by atoms with Crippen molar-refractivity contribution in [2.75, 3.05) is 25.0 Å². The van der Waals surface area contributed by atoms with E-state index in [-0.39, 0.29) is 0 Å². The highest BCUT2D eigenvalue weighted by atomic mass is 32.1. The van der Waals surface area contributed by atoms with E-state index in [0.29, 0.717) is 17.9 Å². The average Bonchev–Trinajstić information content (AvgIpc) is 3.19. The topological polar surface area (TPSA) is 49.3 Å². The van der Waals surface area contributed by atoms with Crippen molar-refractivity contribution < 1.29 is 4.79 Å². The number of carbonyl (C=O) groups is 1. The van der Waals surface area contributed by atoms with Crippen molar-refractivity contribution in [2.45, 2.75) is 38.1 Å². The fourth-order valence-corrected chi connectivity index (χ4v) is 7.45. The summed E-state index contributed by atoms with van der Waals surface area (Å²) in [5.41, 5.74) is 1.03. The Balaban J connectivity index is 1.18. The minimum absolute atomic E-state index is 0.346. The number of likely N-dealkylation sites (N-methyl/N-ethyl adjacent to an activating group) is 1. The fourth-order valence-electron chi connectivity index (χ4n) is 6.60. The van der Waals surface area contributed by atoms with Gasteiger partial charge in [0.15, 0.2) is 0 Å². The number of thiophene rings is 1.